The van der Waals surface area contributed by atoms with Crippen LogP contribution in [-0.4, -0.2) is 25.7 Å². The molecule has 1 aliphatic rings. The molecular formula is C13H17N5O. The van der Waals surface area contributed by atoms with Crippen molar-refractivity contribution in [3.63, 3.8) is 0 Å². The Labute approximate surface area is 111 Å². The maximum Gasteiger partial charge on any atom is 0.248 e. The average molecular weight is 259 g/mol. The molecule has 2 N–H and O–H groups in total. The van der Waals surface area contributed by atoms with Crippen LogP contribution in [-0.2, 0) is 11.3 Å². The lowest BCUT2D eigenvalue weighted by Crippen LogP contribution is -2.15. The Morgan fingerprint density at radius 2 is 2.21 bits per heavy atom. The minimum atomic E-state index is -0.0622. The Bertz CT molecular complexity index is 541. The number of anilines is 1. The lowest BCUT2D eigenvalue weighted by molar-refractivity contribution is -0.116. The van der Waals surface area contributed by atoms with E-state index in [2.05, 4.69) is 20.5 Å². The standard InChI is InChI=1S/C13H17N5O/c19-11(6-9-18-7-1-2-8-18)14-13-15-12(16-17-13)10-4-3-5-10/h1-2,7-8,10H,3-6,9H2,(H2,14,15,16,17,19). The van der Waals surface area contributed by atoms with Gasteiger partial charge in [0.15, 0.2) is 0 Å². The van der Waals surface area contributed by atoms with Crippen molar-refractivity contribution in [3.05, 3.63) is 30.4 Å². The molecule has 0 spiro atoms. The molecule has 1 aliphatic carbocycles. The molecule has 1 amide bonds. The first-order valence-electron chi connectivity index (χ1n) is 6.64. The Morgan fingerprint density at radius 1 is 1.42 bits per heavy atom. The van der Waals surface area contributed by atoms with Gasteiger partial charge in [-0.3, -0.25) is 15.2 Å². The van der Waals surface area contributed by atoms with Gasteiger partial charge in [0, 0.05) is 31.3 Å². The van der Waals surface area contributed by atoms with Gasteiger partial charge in [0.05, 0.1) is 0 Å². The average Bonchev–Trinajstić information content (AvgIpc) is 2.96. The third-order valence-corrected chi connectivity index (χ3v) is 3.51. The molecule has 0 atom stereocenters. The predicted octanol–water partition coefficient (Wildman–Crippen LogP) is 1.90. The van der Waals surface area contributed by atoms with Crippen molar-refractivity contribution in [3.8, 4) is 0 Å². The normalized spacial score (nSPS) is 15.2. The number of aryl methyl sites for hydroxylation is 1. The molecule has 1 saturated carbocycles. The highest BCUT2D eigenvalue weighted by Gasteiger charge is 2.23. The first kappa shape index (κ1) is 12.0. The second-order valence-electron chi connectivity index (χ2n) is 4.89. The van der Waals surface area contributed by atoms with Gasteiger partial charge in [-0.2, -0.15) is 4.98 Å². The van der Waals surface area contributed by atoms with Gasteiger partial charge in [-0.25, -0.2) is 0 Å². The molecule has 0 aromatic carbocycles. The lowest BCUT2D eigenvalue weighted by atomic mass is 9.85. The van der Waals surface area contributed by atoms with Gasteiger partial charge < -0.3 is 4.57 Å². The third-order valence-electron chi connectivity index (χ3n) is 3.51. The van der Waals surface area contributed by atoms with E-state index in [0.29, 0.717) is 24.8 Å². The summed E-state index contributed by atoms with van der Waals surface area (Å²) in [7, 11) is 0. The first-order valence-corrected chi connectivity index (χ1v) is 6.64. The van der Waals surface area contributed by atoms with Crippen molar-refractivity contribution in [1.82, 2.24) is 19.7 Å². The van der Waals surface area contributed by atoms with Crippen molar-refractivity contribution < 1.29 is 4.79 Å². The zero-order chi connectivity index (χ0) is 13.1. The smallest absolute Gasteiger partial charge is 0.248 e. The fraction of sp³-hybridized carbons (Fsp3) is 0.462. The summed E-state index contributed by atoms with van der Waals surface area (Å²) in [4.78, 5) is 16.1. The molecule has 2 aromatic heterocycles. The van der Waals surface area contributed by atoms with Gasteiger partial charge in [-0.15, -0.1) is 5.10 Å². The van der Waals surface area contributed by atoms with Crippen LogP contribution in [0.5, 0.6) is 0 Å². The van der Waals surface area contributed by atoms with Crippen LogP contribution in [0.2, 0.25) is 0 Å². The van der Waals surface area contributed by atoms with Crippen LogP contribution in [0.1, 0.15) is 37.4 Å². The molecule has 6 heteroatoms. The van der Waals surface area contributed by atoms with Crippen molar-refractivity contribution in [2.24, 2.45) is 0 Å². The fourth-order valence-electron chi connectivity index (χ4n) is 2.13. The maximum absolute atomic E-state index is 11.8. The van der Waals surface area contributed by atoms with Gasteiger partial charge in [0.2, 0.25) is 11.9 Å². The molecule has 0 unspecified atom stereocenters. The molecular weight excluding hydrogens is 242 g/mol. The number of rotatable bonds is 5. The van der Waals surface area contributed by atoms with E-state index in [1.165, 1.54) is 6.42 Å². The maximum atomic E-state index is 11.8. The van der Waals surface area contributed by atoms with Crippen molar-refractivity contribution in [2.45, 2.75) is 38.1 Å². The largest absolute Gasteiger partial charge is 0.354 e. The first-order chi connectivity index (χ1) is 9.31. The number of carbonyl (C=O) groups excluding carboxylic acids is 1. The van der Waals surface area contributed by atoms with Gasteiger partial charge in [-0.1, -0.05) is 6.42 Å². The second kappa shape index (κ2) is 5.26. The number of nitrogens with one attached hydrogen (secondary N) is 2. The summed E-state index contributed by atoms with van der Waals surface area (Å²) in [6.45, 7) is 0.665. The number of aromatic nitrogens is 4. The minimum absolute atomic E-state index is 0.0622. The van der Waals surface area contributed by atoms with Crippen LogP contribution in [0.4, 0.5) is 5.95 Å². The van der Waals surface area contributed by atoms with Crippen LogP contribution in [0, 0.1) is 0 Å². The van der Waals surface area contributed by atoms with E-state index in [-0.39, 0.29) is 5.91 Å². The Morgan fingerprint density at radius 3 is 2.89 bits per heavy atom. The van der Waals surface area contributed by atoms with Crippen molar-refractivity contribution in [2.75, 3.05) is 5.32 Å². The Kier molecular flexibility index (Phi) is 3.31. The molecule has 1 fully saturated rings. The zero-order valence-corrected chi connectivity index (χ0v) is 10.7. The molecule has 0 saturated heterocycles. The summed E-state index contributed by atoms with van der Waals surface area (Å²) >= 11 is 0. The summed E-state index contributed by atoms with van der Waals surface area (Å²) in [5.41, 5.74) is 0. The summed E-state index contributed by atoms with van der Waals surface area (Å²) in [6.07, 6.45) is 7.88. The van der Waals surface area contributed by atoms with Crippen molar-refractivity contribution in [1.29, 1.82) is 0 Å². The van der Waals surface area contributed by atoms with E-state index >= 15 is 0 Å². The number of nitrogens with zero attached hydrogens (tertiary/aromatic N) is 3. The molecule has 0 radical (unpaired) electrons. The van der Waals surface area contributed by atoms with E-state index in [0.717, 1.165) is 18.7 Å². The van der Waals surface area contributed by atoms with Crippen LogP contribution in [0.15, 0.2) is 24.5 Å². The zero-order valence-electron chi connectivity index (χ0n) is 10.7. The topological polar surface area (TPSA) is 75.6 Å². The highest BCUT2D eigenvalue weighted by atomic mass is 16.1. The molecule has 2 aromatic rings. The SMILES string of the molecule is O=C(CCn1cccc1)Nc1n[nH]c(C2CCC2)n1. The lowest BCUT2D eigenvalue weighted by Gasteiger charge is -2.22. The highest BCUT2D eigenvalue weighted by Crippen LogP contribution is 2.34. The Balaban J connectivity index is 1.49. The summed E-state index contributed by atoms with van der Waals surface area (Å²) in [5, 5.41) is 9.65. The molecule has 0 bridgehead atoms. The van der Waals surface area contributed by atoms with E-state index in [1.54, 1.807) is 0 Å². The van der Waals surface area contributed by atoms with Gasteiger partial charge in [0.25, 0.3) is 0 Å². The number of amides is 1. The van der Waals surface area contributed by atoms with Crippen LogP contribution >= 0.6 is 0 Å². The van der Waals surface area contributed by atoms with E-state index in [9.17, 15) is 4.79 Å². The van der Waals surface area contributed by atoms with Gasteiger partial charge in [0.1, 0.15) is 5.82 Å². The Hall–Kier alpha value is -2.11. The van der Waals surface area contributed by atoms with Crippen molar-refractivity contribution >= 4 is 11.9 Å². The fourth-order valence-corrected chi connectivity index (χ4v) is 2.13. The van der Waals surface area contributed by atoms with E-state index < -0.39 is 0 Å². The number of H-pyrrole nitrogens is 1. The molecule has 2 heterocycles. The summed E-state index contributed by atoms with van der Waals surface area (Å²) < 4.78 is 1.97. The number of aromatic amines is 1. The molecule has 0 aliphatic heterocycles. The predicted molar refractivity (Wildman–Crippen MR) is 70.7 cm³/mol. The summed E-state index contributed by atoms with van der Waals surface area (Å²) in [5.74, 6) is 1.72. The monoisotopic (exact) mass is 259 g/mol. The third kappa shape index (κ3) is 2.83. The number of hydrogen-bond donors (Lipinski definition) is 2. The summed E-state index contributed by atoms with van der Waals surface area (Å²) in [6, 6.07) is 3.89. The van der Waals surface area contributed by atoms with Crippen LogP contribution < -0.4 is 5.32 Å². The second-order valence-corrected chi connectivity index (χ2v) is 4.89. The molecule has 3 rings (SSSR count). The quantitative estimate of drug-likeness (QED) is 0.861. The highest BCUT2D eigenvalue weighted by molar-refractivity contribution is 5.88. The van der Waals surface area contributed by atoms with Gasteiger partial charge >= 0.3 is 0 Å². The van der Waals surface area contributed by atoms with E-state index in [4.69, 9.17) is 0 Å². The van der Waals surface area contributed by atoms with Crippen LogP contribution in [0.25, 0.3) is 0 Å². The van der Waals surface area contributed by atoms with Crippen LogP contribution in [0.3, 0.4) is 0 Å². The molecule has 6 nitrogen and oxygen atoms in total. The van der Waals surface area contributed by atoms with Gasteiger partial charge in [-0.05, 0) is 25.0 Å². The minimum Gasteiger partial charge on any atom is -0.354 e. The van der Waals surface area contributed by atoms with E-state index in [1.807, 2.05) is 29.1 Å². The molecule has 100 valence electrons. The number of carbonyl (C=O) groups is 1. The number of hydrogen-bond acceptors (Lipinski definition) is 3. The molecule has 19 heavy (non-hydrogen) atoms.